The van der Waals surface area contributed by atoms with Crippen molar-refractivity contribution in [2.45, 2.75) is 6.42 Å². The fourth-order valence-electron chi connectivity index (χ4n) is 2.90. The first kappa shape index (κ1) is 15.5. The third kappa shape index (κ3) is 3.04. The van der Waals surface area contributed by atoms with Crippen molar-refractivity contribution in [2.75, 3.05) is 16.8 Å². The standard InChI is InChI=1S/C19H15N3O2S/c23-18(14-3-1-8-20-12-14)21-15-6-5-13-7-9-22(16(13)11-15)19(24)17-4-2-10-25-17/h1-6,8,10-12H,7,9H2,(H,21,23). The van der Waals surface area contributed by atoms with Crippen molar-refractivity contribution in [3.63, 3.8) is 0 Å². The summed E-state index contributed by atoms with van der Waals surface area (Å²) in [5.74, 6) is -0.216. The predicted molar refractivity (Wildman–Crippen MR) is 98.3 cm³/mol. The van der Waals surface area contributed by atoms with Gasteiger partial charge in [0.25, 0.3) is 11.8 Å². The molecule has 0 fully saturated rings. The van der Waals surface area contributed by atoms with Crippen molar-refractivity contribution in [3.05, 3.63) is 76.2 Å². The van der Waals surface area contributed by atoms with Crippen molar-refractivity contribution in [1.29, 1.82) is 0 Å². The van der Waals surface area contributed by atoms with Crippen molar-refractivity contribution in [3.8, 4) is 0 Å². The van der Waals surface area contributed by atoms with E-state index >= 15 is 0 Å². The summed E-state index contributed by atoms with van der Waals surface area (Å²) in [5.41, 5.74) is 3.14. The number of nitrogens with zero attached hydrogens (tertiary/aromatic N) is 2. The van der Waals surface area contributed by atoms with E-state index in [1.807, 2.05) is 35.7 Å². The molecule has 0 unspecified atom stereocenters. The Balaban J connectivity index is 1.58. The molecule has 0 bridgehead atoms. The third-order valence-corrected chi connectivity index (χ3v) is 5.00. The van der Waals surface area contributed by atoms with Crippen LogP contribution in [0.2, 0.25) is 0 Å². The summed E-state index contributed by atoms with van der Waals surface area (Å²) >= 11 is 1.44. The van der Waals surface area contributed by atoms with Gasteiger partial charge in [0.1, 0.15) is 0 Å². The number of anilines is 2. The minimum absolute atomic E-state index is 0.00415. The van der Waals surface area contributed by atoms with E-state index in [2.05, 4.69) is 10.3 Å². The van der Waals surface area contributed by atoms with Crippen molar-refractivity contribution in [1.82, 2.24) is 4.98 Å². The molecule has 6 heteroatoms. The van der Waals surface area contributed by atoms with E-state index in [1.54, 1.807) is 23.2 Å². The lowest BCUT2D eigenvalue weighted by molar-refractivity contribution is 0.0991. The summed E-state index contributed by atoms with van der Waals surface area (Å²) in [6.45, 7) is 0.659. The number of benzene rings is 1. The van der Waals surface area contributed by atoms with Crippen LogP contribution in [-0.2, 0) is 6.42 Å². The number of carbonyl (C=O) groups excluding carboxylic acids is 2. The largest absolute Gasteiger partial charge is 0.322 e. The number of carbonyl (C=O) groups is 2. The molecular weight excluding hydrogens is 334 g/mol. The van der Waals surface area contributed by atoms with Crippen molar-refractivity contribution < 1.29 is 9.59 Å². The number of aromatic nitrogens is 1. The number of thiophene rings is 1. The van der Waals surface area contributed by atoms with E-state index in [0.717, 1.165) is 22.5 Å². The maximum Gasteiger partial charge on any atom is 0.268 e. The van der Waals surface area contributed by atoms with Gasteiger partial charge in [0.2, 0.25) is 0 Å². The first-order chi connectivity index (χ1) is 12.2. The Hall–Kier alpha value is -2.99. The molecule has 5 nitrogen and oxygen atoms in total. The van der Waals surface area contributed by atoms with Gasteiger partial charge in [-0.15, -0.1) is 11.3 Å². The van der Waals surface area contributed by atoms with E-state index in [4.69, 9.17) is 0 Å². The fourth-order valence-corrected chi connectivity index (χ4v) is 3.57. The molecule has 0 spiro atoms. The predicted octanol–water partition coefficient (Wildman–Crippen LogP) is 3.60. The molecule has 1 aliphatic heterocycles. The molecule has 0 atom stereocenters. The smallest absolute Gasteiger partial charge is 0.268 e. The Bertz CT molecular complexity index is 923. The van der Waals surface area contributed by atoms with Gasteiger partial charge in [-0.3, -0.25) is 14.6 Å². The van der Waals surface area contributed by atoms with E-state index in [0.29, 0.717) is 17.8 Å². The Kier molecular flexibility index (Phi) is 4.03. The van der Waals surface area contributed by atoms with Crippen LogP contribution in [0.1, 0.15) is 25.6 Å². The molecule has 3 aromatic rings. The summed E-state index contributed by atoms with van der Waals surface area (Å²) in [6, 6.07) is 12.8. The number of hydrogen-bond donors (Lipinski definition) is 1. The lowest BCUT2D eigenvalue weighted by atomic mass is 10.1. The first-order valence-corrected chi connectivity index (χ1v) is 8.80. The Morgan fingerprint density at radius 1 is 1.16 bits per heavy atom. The Morgan fingerprint density at radius 3 is 2.84 bits per heavy atom. The van der Waals surface area contributed by atoms with E-state index in [-0.39, 0.29) is 11.8 Å². The first-order valence-electron chi connectivity index (χ1n) is 7.92. The van der Waals surface area contributed by atoms with Crippen LogP contribution >= 0.6 is 11.3 Å². The van der Waals surface area contributed by atoms with Crippen LogP contribution in [0.4, 0.5) is 11.4 Å². The SMILES string of the molecule is O=C(Nc1ccc2c(c1)N(C(=O)c1cccs1)CC2)c1cccnc1. The van der Waals surface area contributed by atoms with Crippen LogP contribution in [0.25, 0.3) is 0 Å². The Morgan fingerprint density at radius 2 is 2.08 bits per heavy atom. The number of nitrogens with one attached hydrogen (secondary N) is 1. The Labute approximate surface area is 148 Å². The highest BCUT2D eigenvalue weighted by Gasteiger charge is 2.26. The van der Waals surface area contributed by atoms with Crippen LogP contribution in [0.15, 0.2) is 60.2 Å². The third-order valence-electron chi connectivity index (χ3n) is 4.14. The summed E-state index contributed by atoms with van der Waals surface area (Å²) in [7, 11) is 0. The summed E-state index contributed by atoms with van der Waals surface area (Å²) in [5, 5.41) is 4.77. The normalized spacial score (nSPS) is 12.7. The van der Waals surface area contributed by atoms with Crippen LogP contribution in [0.5, 0.6) is 0 Å². The van der Waals surface area contributed by atoms with E-state index in [9.17, 15) is 9.59 Å². The highest BCUT2D eigenvalue weighted by atomic mass is 32.1. The maximum absolute atomic E-state index is 12.7. The molecule has 2 amide bonds. The molecule has 4 rings (SSSR count). The number of pyridine rings is 1. The number of fused-ring (bicyclic) bond motifs is 1. The average Bonchev–Trinajstić information content (AvgIpc) is 3.31. The van der Waals surface area contributed by atoms with Gasteiger partial charge < -0.3 is 10.2 Å². The van der Waals surface area contributed by atoms with Crippen LogP contribution in [0, 0.1) is 0 Å². The molecule has 0 aliphatic carbocycles. The van der Waals surface area contributed by atoms with Gasteiger partial charge in [0, 0.05) is 30.3 Å². The molecular formula is C19H15N3O2S. The average molecular weight is 349 g/mol. The van der Waals surface area contributed by atoms with Gasteiger partial charge in [0.15, 0.2) is 0 Å². The zero-order valence-electron chi connectivity index (χ0n) is 13.3. The highest BCUT2D eigenvalue weighted by Crippen LogP contribution is 2.32. The van der Waals surface area contributed by atoms with Gasteiger partial charge in [-0.25, -0.2) is 0 Å². The fraction of sp³-hybridized carbons (Fsp3) is 0.105. The molecule has 1 aliphatic rings. The molecule has 124 valence electrons. The van der Waals surface area contributed by atoms with E-state index in [1.165, 1.54) is 17.5 Å². The second-order valence-electron chi connectivity index (χ2n) is 5.72. The monoisotopic (exact) mass is 349 g/mol. The molecule has 1 aromatic carbocycles. The van der Waals surface area contributed by atoms with Gasteiger partial charge in [-0.1, -0.05) is 12.1 Å². The summed E-state index contributed by atoms with van der Waals surface area (Å²) < 4.78 is 0. The van der Waals surface area contributed by atoms with Gasteiger partial charge in [-0.2, -0.15) is 0 Å². The quantitative estimate of drug-likeness (QED) is 0.786. The van der Waals surface area contributed by atoms with Crippen LogP contribution in [-0.4, -0.2) is 23.3 Å². The van der Waals surface area contributed by atoms with Crippen LogP contribution in [0.3, 0.4) is 0 Å². The van der Waals surface area contributed by atoms with Gasteiger partial charge in [0.05, 0.1) is 10.4 Å². The molecule has 1 N–H and O–H groups in total. The summed E-state index contributed by atoms with van der Waals surface area (Å²) in [4.78, 5) is 31.4. The molecule has 0 saturated carbocycles. The van der Waals surface area contributed by atoms with E-state index < -0.39 is 0 Å². The maximum atomic E-state index is 12.7. The summed E-state index contributed by atoms with van der Waals surface area (Å²) in [6.07, 6.45) is 3.97. The highest BCUT2D eigenvalue weighted by molar-refractivity contribution is 7.12. The minimum Gasteiger partial charge on any atom is -0.322 e. The second-order valence-corrected chi connectivity index (χ2v) is 6.67. The molecule has 0 saturated heterocycles. The van der Waals surface area contributed by atoms with Gasteiger partial charge in [-0.05, 0) is 47.7 Å². The molecule has 3 heterocycles. The van der Waals surface area contributed by atoms with Gasteiger partial charge >= 0.3 is 0 Å². The lowest BCUT2D eigenvalue weighted by Crippen LogP contribution is -2.28. The molecule has 0 radical (unpaired) electrons. The second kappa shape index (κ2) is 6.49. The zero-order chi connectivity index (χ0) is 17.2. The number of rotatable bonds is 3. The minimum atomic E-state index is -0.220. The molecule has 2 aromatic heterocycles. The van der Waals surface area contributed by atoms with Crippen molar-refractivity contribution >= 4 is 34.5 Å². The van der Waals surface area contributed by atoms with Crippen LogP contribution < -0.4 is 10.2 Å². The number of amides is 2. The molecule has 25 heavy (non-hydrogen) atoms. The van der Waals surface area contributed by atoms with Crippen molar-refractivity contribution in [2.24, 2.45) is 0 Å². The zero-order valence-corrected chi connectivity index (χ0v) is 14.1. The lowest BCUT2D eigenvalue weighted by Gasteiger charge is -2.17. The number of hydrogen-bond acceptors (Lipinski definition) is 4. The topological polar surface area (TPSA) is 62.3 Å².